The topological polar surface area (TPSA) is 104 Å². The number of nitro groups is 1. The highest BCUT2D eigenvalue weighted by atomic mass is 32.2. The number of hydrogen-bond donors (Lipinski definition) is 0. The van der Waals surface area contributed by atoms with E-state index in [0.29, 0.717) is 11.1 Å². The molecular weight excluding hydrogens is 406 g/mol. The molecule has 0 saturated carbocycles. The molecule has 0 aliphatic rings. The average molecular weight is 425 g/mol. The largest absolute Gasteiger partial charge is 0.457 e. The molecule has 0 heterocycles. The van der Waals surface area contributed by atoms with Crippen LogP contribution in [-0.2, 0) is 32.7 Å². The summed E-state index contributed by atoms with van der Waals surface area (Å²) < 4.78 is 30.0. The van der Waals surface area contributed by atoms with Gasteiger partial charge < -0.3 is 4.74 Å². The number of ether oxygens (including phenoxy) is 1. The number of esters is 1. The summed E-state index contributed by atoms with van der Waals surface area (Å²) in [6.45, 7) is -0.103. The van der Waals surface area contributed by atoms with Gasteiger partial charge in [0.25, 0.3) is 5.69 Å². The Hall–Kier alpha value is -3.52. The van der Waals surface area contributed by atoms with Gasteiger partial charge in [-0.15, -0.1) is 0 Å². The first-order chi connectivity index (χ1) is 14.3. The number of non-ortho nitro benzene ring substituents is 1. The van der Waals surface area contributed by atoms with Crippen LogP contribution in [0.15, 0.2) is 78.9 Å². The number of carbonyl (C=O) groups is 1. The fourth-order valence-electron chi connectivity index (χ4n) is 2.86. The summed E-state index contributed by atoms with van der Waals surface area (Å²) in [7, 11) is -3.35. The van der Waals surface area contributed by atoms with Gasteiger partial charge in [-0.05, 0) is 28.8 Å². The van der Waals surface area contributed by atoms with Gasteiger partial charge in [0, 0.05) is 12.1 Å². The van der Waals surface area contributed by atoms with E-state index < -0.39 is 20.7 Å². The van der Waals surface area contributed by atoms with Gasteiger partial charge in [0.1, 0.15) is 6.61 Å². The lowest BCUT2D eigenvalue weighted by atomic mass is 10.1. The standard InChI is InChI=1S/C22H19NO6S/c24-22(29-14-19-7-4-8-21(13-19)23(25)26)20-11-9-18(10-12-20)16-30(27,28)15-17-5-2-1-3-6-17/h1-13H,14-16H2. The summed E-state index contributed by atoms with van der Waals surface area (Å²) in [5.74, 6) is -0.786. The summed E-state index contributed by atoms with van der Waals surface area (Å²) in [6.07, 6.45) is 0. The lowest BCUT2D eigenvalue weighted by molar-refractivity contribution is -0.384. The summed E-state index contributed by atoms with van der Waals surface area (Å²) >= 11 is 0. The molecule has 3 aromatic carbocycles. The van der Waals surface area contributed by atoms with E-state index in [4.69, 9.17) is 4.74 Å². The van der Waals surface area contributed by atoms with Gasteiger partial charge in [0.05, 0.1) is 22.0 Å². The van der Waals surface area contributed by atoms with E-state index in [0.717, 1.165) is 5.56 Å². The molecule has 3 aromatic rings. The van der Waals surface area contributed by atoms with Gasteiger partial charge in [0.2, 0.25) is 0 Å². The van der Waals surface area contributed by atoms with Gasteiger partial charge in [-0.25, -0.2) is 13.2 Å². The van der Waals surface area contributed by atoms with Crippen molar-refractivity contribution in [1.29, 1.82) is 0 Å². The Balaban J connectivity index is 1.59. The van der Waals surface area contributed by atoms with Gasteiger partial charge in [0.15, 0.2) is 9.84 Å². The molecule has 30 heavy (non-hydrogen) atoms. The van der Waals surface area contributed by atoms with E-state index in [9.17, 15) is 23.3 Å². The summed E-state index contributed by atoms with van der Waals surface area (Å²) in [6, 6.07) is 20.9. The second kappa shape index (κ2) is 9.32. The van der Waals surface area contributed by atoms with Crippen molar-refractivity contribution in [2.75, 3.05) is 0 Å². The molecule has 154 valence electrons. The highest BCUT2D eigenvalue weighted by Gasteiger charge is 2.14. The molecule has 0 saturated heterocycles. The number of rotatable bonds is 8. The fourth-order valence-corrected chi connectivity index (χ4v) is 4.36. The number of sulfone groups is 1. The van der Waals surface area contributed by atoms with Crippen molar-refractivity contribution in [3.05, 3.63) is 111 Å². The SMILES string of the molecule is O=C(OCc1cccc([N+](=O)[O-])c1)c1ccc(CS(=O)(=O)Cc2ccccc2)cc1. The average Bonchev–Trinajstić information content (AvgIpc) is 2.73. The molecule has 8 heteroatoms. The van der Waals surface area contributed by atoms with Crippen LogP contribution in [0.1, 0.15) is 27.0 Å². The summed E-state index contributed by atoms with van der Waals surface area (Å²) in [4.78, 5) is 22.5. The normalized spacial score (nSPS) is 11.1. The quantitative estimate of drug-likeness (QED) is 0.306. The molecule has 0 amide bonds. The molecule has 0 bridgehead atoms. The van der Waals surface area contributed by atoms with Crippen LogP contribution in [0.5, 0.6) is 0 Å². The van der Waals surface area contributed by atoms with Crippen molar-refractivity contribution in [2.45, 2.75) is 18.1 Å². The van der Waals surface area contributed by atoms with Gasteiger partial charge in [-0.3, -0.25) is 10.1 Å². The molecule has 0 spiro atoms. The molecule has 0 aliphatic heterocycles. The third-order valence-corrected chi connectivity index (χ3v) is 5.84. The maximum atomic E-state index is 12.4. The van der Waals surface area contributed by atoms with Crippen molar-refractivity contribution in [3.8, 4) is 0 Å². The maximum absolute atomic E-state index is 12.4. The lowest BCUT2D eigenvalue weighted by Gasteiger charge is -2.07. The zero-order valence-electron chi connectivity index (χ0n) is 15.9. The van der Waals surface area contributed by atoms with E-state index >= 15 is 0 Å². The number of hydrogen-bond acceptors (Lipinski definition) is 6. The molecule has 3 rings (SSSR count). The van der Waals surface area contributed by atoms with E-state index in [-0.39, 0.29) is 29.4 Å². The van der Waals surface area contributed by atoms with Crippen molar-refractivity contribution in [2.24, 2.45) is 0 Å². The van der Waals surface area contributed by atoms with Crippen molar-refractivity contribution in [1.82, 2.24) is 0 Å². The molecular formula is C22H19NO6S. The smallest absolute Gasteiger partial charge is 0.338 e. The highest BCUT2D eigenvalue weighted by Crippen LogP contribution is 2.16. The third-order valence-electron chi connectivity index (χ3n) is 4.30. The summed E-state index contributed by atoms with van der Waals surface area (Å²) in [5.41, 5.74) is 1.98. The number of benzene rings is 3. The van der Waals surface area contributed by atoms with Crippen LogP contribution in [0.25, 0.3) is 0 Å². The van der Waals surface area contributed by atoms with Crippen molar-refractivity contribution < 1.29 is 22.9 Å². The predicted octanol–water partition coefficient (Wildman–Crippen LogP) is 4.07. The summed E-state index contributed by atoms with van der Waals surface area (Å²) in [5, 5.41) is 10.8. The number of nitrogens with zero attached hydrogens (tertiary/aromatic N) is 1. The second-order valence-corrected chi connectivity index (χ2v) is 8.78. The molecule has 7 nitrogen and oxygen atoms in total. The van der Waals surface area contributed by atoms with Crippen LogP contribution in [0, 0.1) is 10.1 Å². The van der Waals surface area contributed by atoms with Gasteiger partial charge >= 0.3 is 5.97 Å². The Kier molecular flexibility index (Phi) is 6.58. The van der Waals surface area contributed by atoms with Crippen LogP contribution >= 0.6 is 0 Å². The van der Waals surface area contributed by atoms with E-state index in [2.05, 4.69) is 0 Å². The predicted molar refractivity (Wildman–Crippen MR) is 111 cm³/mol. The van der Waals surface area contributed by atoms with E-state index in [1.165, 1.54) is 30.3 Å². The Bertz CT molecular complexity index is 1140. The first-order valence-corrected chi connectivity index (χ1v) is 10.9. The monoisotopic (exact) mass is 425 g/mol. The van der Waals surface area contributed by atoms with Gasteiger partial charge in [-0.1, -0.05) is 54.6 Å². The van der Waals surface area contributed by atoms with Crippen LogP contribution in [-0.4, -0.2) is 19.3 Å². The van der Waals surface area contributed by atoms with Crippen LogP contribution < -0.4 is 0 Å². The maximum Gasteiger partial charge on any atom is 0.338 e. The minimum absolute atomic E-state index is 0.0547. The molecule has 0 atom stereocenters. The van der Waals surface area contributed by atoms with Gasteiger partial charge in [-0.2, -0.15) is 0 Å². The highest BCUT2D eigenvalue weighted by molar-refractivity contribution is 7.89. The van der Waals surface area contributed by atoms with Crippen molar-refractivity contribution in [3.63, 3.8) is 0 Å². The Morgan fingerprint density at radius 1 is 0.833 bits per heavy atom. The van der Waals surface area contributed by atoms with E-state index in [1.54, 1.807) is 42.5 Å². The molecule has 0 aromatic heterocycles. The molecule has 0 fully saturated rings. The third kappa shape index (κ3) is 5.99. The zero-order valence-corrected chi connectivity index (χ0v) is 16.7. The minimum Gasteiger partial charge on any atom is -0.457 e. The number of nitro benzene ring substituents is 1. The van der Waals surface area contributed by atoms with Crippen LogP contribution in [0.4, 0.5) is 5.69 Å². The molecule has 0 radical (unpaired) electrons. The number of carbonyl (C=O) groups excluding carboxylic acids is 1. The Morgan fingerprint density at radius 3 is 2.07 bits per heavy atom. The van der Waals surface area contributed by atoms with Crippen LogP contribution in [0.2, 0.25) is 0 Å². The van der Waals surface area contributed by atoms with Crippen LogP contribution in [0.3, 0.4) is 0 Å². The fraction of sp³-hybridized carbons (Fsp3) is 0.136. The first kappa shape index (κ1) is 21.2. The second-order valence-electron chi connectivity index (χ2n) is 6.72. The Labute approximate surface area is 174 Å². The molecule has 0 unspecified atom stereocenters. The first-order valence-electron chi connectivity index (χ1n) is 9.06. The minimum atomic E-state index is -3.35. The molecule has 0 N–H and O–H groups in total. The zero-order chi connectivity index (χ0) is 21.6. The lowest BCUT2D eigenvalue weighted by Crippen LogP contribution is -2.09. The Morgan fingerprint density at radius 2 is 1.43 bits per heavy atom. The van der Waals surface area contributed by atoms with Crippen molar-refractivity contribution >= 4 is 21.5 Å². The molecule has 0 aliphatic carbocycles. The van der Waals surface area contributed by atoms with E-state index in [1.807, 2.05) is 6.07 Å².